The Morgan fingerprint density at radius 1 is 1.31 bits per heavy atom. The van der Waals surface area contributed by atoms with Crippen LogP contribution in [0.15, 0.2) is 4.99 Å². The van der Waals surface area contributed by atoms with Crippen molar-refractivity contribution < 1.29 is 8.42 Å². The van der Waals surface area contributed by atoms with Gasteiger partial charge >= 0.3 is 0 Å². The molecule has 2 N–H and O–H groups in total. The van der Waals surface area contributed by atoms with Crippen molar-refractivity contribution in [3.05, 3.63) is 15.6 Å². The van der Waals surface area contributed by atoms with Gasteiger partial charge in [-0.2, -0.15) is 0 Å². The van der Waals surface area contributed by atoms with Crippen LogP contribution in [0.4, 0.5) is 0 Å². The van der Waals surface area contributed by atoms with Gasteiger partial charge in [-0.05, 0) is 40.5 Å². The molecule has 150 valence electrons. The van der Waals surface area contributed by atoms with Crippen molar-refractivity contribution in [1.29, 1.82) is 0 Å². The molecule has 0 spiro atoms. The number of hydrogen-bond donors (Lipinski definition) is 2. The van der Waals surface area contributed by atoms with E-state index >= 15 is 0 Å². The molecule has 1 aromatic rings. The number of thiazole rings is 1. The number of rotatable bonds is 6. The van der Waals surface area contributed by atoms with Crippen LogP contribution in [0, 0.1) is 13.8 Å². The predicted octanol–water partition coefficient (Wildman–Crippen LogP) is 2.25. The molecule has 7 nitrogen and oxygen atoms in total. The molecule has 1 saturated heterocycles. The molecule has 10 heteroatoms. The lowest BCUT2D eigenvalue weighted by molar-refractivity contribution is 0.306. The minimum Gasteiger partial charge on any atom is -0.357 e. The highest BCUT2D eigenvalue weighted by Gasteiger charge is 2.26. The number of nitrogens with one attached hydrogen (secondary N) is 2. The van der Waals surface area contributed by atoms with Gasteiger partial charge in [0.15, 0.2) is 5.96 Å². The summed E-state index contributed by atoms with van der Waals surface area (Å²) < 4.78 is 25.5. The molecule has 1 aliphatic rings. The molecule has 26 heavy (non-hydrogen) atoms. The third kappa shape index (κ3) is 6.61. The molecule has 2 heterocycles. The van der Waals surface area contributed by atoms with E-state index in [4.69, 9.17) is 0 Å². The van der Waals surface area contributed by atoms with E-state index in [9.17, 15) is 8.42 Å². The number of aliphatic imine (C=N–C) groups is 1. The summed E-state index contributed by atoms with van der Waals surface area (Å²) in [6, 6.07) is 0.237. The van der Waals surface area contributed by atoms with Crippen molar-refractivity contribution in [3.63, 3.8) is 0 Å². The van der Waals surface area contributed by atoms with E-state index in [-0.39, 0.29) is 35.8 Å². The van der Waals surface area contributed by atoms with Crippen LogP contribution in [0.3, 0.4) is 0 Å². The maximum atomic E-state index is 11.9. The van der Waals surface area contributed by atoms with Gasteiger partial charge in [0.05, 0.1) is 18.0 Å². The van der Waals surface area contributed by atoms with Crippen molar-refractivity contribution in [1.82, 2.24) is 19.9 Å². The topological polar surface area (TPSA) is 86.7 Å². The lowest BCUT2D eigenvalue weighted by Crippen LogP contribution is -2.50. The fraction of sp³-hybridized carbons (Fsp3) is 0.750. The summed E-state index contributed by atoms with van der Waals surface area (Å²) in [7, 11) is -3.08. The first-order valence-electron chi connectivity index (χ1n) is 8.81. The average Bonchev–Trinajstić information content (AvgIpc) is 2.91. The molecule has 0 radical (unpaired) electrons. The van der Waals surface area contributed by atoms with Crippen LogP contribution >= 0.6 is 35.3 Å². The molecule has 0 amide bonds. The lowest BCUT2D eigenvalue weighted by Gasteiger charge is -2.32. The Balaban J connectivity index is 0.00000338. The Hall–Kier alpha value is -0.460. The molecule has 0 bridgehead atoms. The van der Waals surface area contributed by atoms with Gasteiger partial charge in [0.1, 0.15) is 5.01 Å². The number of aryl methyl sites for hydroxylation is 2. The standard InChI is InChI=1S/C16H29N5O2S2.HI/c1-5-17-16(18-11-15-19-12(3)13(4)24-15)20-14-7-9-21(10-8-14)25(22,23)6-2;/h14H,5-11H2,1-4H3,(H2,17,18,20);1H. The van der Waals surface area contributed by atoms with E-state index < -0.39 is 10.0 Å². The zero-order chi connectivity index (χ0) is 18.4. The van der Waals surface area contributed by atoms with Crippen LogP contribution in [0.1, 0.15) is 42.3 Å². The number of halogens is 1. The SMILES string of the molecule is CCNC(=NCc1nc(C)c(C)s1)NC1CCN(S(=O)(=O)CC)CC1.I. The quantitative estimate of drug-likeness (QED) is 0.345. The second-order valence-corrected chi connectivity index (χ2v) is 9.71. The zero-order valence-corrected chi connectivity index (χ0v) is 19.9. The van der Waals surface area contributed by atoms with Crippen molar-refractivity contribution >= 4 is 51.3 Å². The van der Waals surface area contributed by atoms with Crippen LogP contribution in [-0.4, -0.2) is 55.1 Å². The smallest absolute Gasteiger partial charge is 0.213 e. The fourth-order valence-electron chi connectivity index (χ4n) is 2.73. The monoisotopic (exact) mass is 515 g/mol. The van der Waals surface area contributed by atoms with Crippen molar-refractivity contribution in [2.24, 2.45) is 4.99 Å². The van der Waals surface area contributed by atoms with Crippen molar-refractivity contribution in [2.45, 2.75) is 53.1 Å². The Morgan fingerprint density at radius 2 is 1.96 bits per heavy atom. The van der Waals surface area contributed by atoms with Gasteiger partial charge in [-0.15, -0.1) is 35.3 Å². The highest BCUT2D eigenvalue weighted by atomic mass is 127. The van der Waals surface area contributed by atoms with Gasteiger partial charge in [0.2, 0.25) is 10.0 Å². The summed E-state index contributed by atoms with van der Waals surface area (Å²) >= 11 is 1.68. The van der Waals surface area contributed by atoms with Gasteiger partial charge in [-0.1, -0.05) is 0 Å². The maximum absolute atomic E-state index is 11.9. The van der Waals surface area contributed by atoms with Crippen LogP contribution in [0.2, 0.25) is 0 Å². The summed E-state index contributed by atoms with van der Waals surface area (Å²) in [4.78, 5) is 10.4. The Bertz CT molecular complexity index is 678. The second-order valence-electron chi connectivity index (χ2n) is 6.16. The van der Waals surface area contributed by atoms with Crippen LogP contribution in [-0.2, 0) is 16.6 Å². The number of piperidine rings is 1. The third-order valence-corrected chi connectivity index (χ3v) is 7.28. The average molecular weight is 515 g/mol. The van der Waals surface area contributed by atoms with E-state index in [2.05, 4.69) is 27.5 Å². The first-order chi connectivity index (χ1) is 11.9. The van der Waals surface area contributed by atoms with E-state index in [1.165, 1.54) is 4.88 Å². The first-order valence-corrected chi connectivity index (χ1v) is 11.2. The number of aromatic nitrogens is 1. The minimum atomic E-state index is -3.08. The van der Waals surface area contributed by atoms with Crippen LogP contribution < -0.4 is 10.6 Å². The number of hydrogen-bond acceptors (Lipinski definition) is 5. The Kier molecular flexibility index (Phi) is 9.76. The second kappa shape index (κ2) is 10.8. The Morgan fingerprint density at radius 3 is 2.46 bits per heavy atom. The fourth-order valence-corrected chi connectivity index (χ4v) is 4.72. The van der Waals surface area contributed by atoms with Crippen molar-refractivity contribution in [2.75, 3.05) is 25.4 Å². The highest BCUT2D eigenvalue weighted by Crippen LogP contribution is 2.17. The van der Waals surface area contributed by atoms with Gasteiger partial charge < -0.3 is 10.6 Å². The normalized spacial score (nSPS) is 17.0. The molecule has 0 atom stereocenters. The number of guanidine groups is 1. The molecule has 0 aromatic carbocycles. The van der Waals surface area contributed by atoms with Gasteiger partial charge in [-0.25, -0.2) is 22.7 Å². The summed E-state index contributed by atoms with van der Waals surface area (Å²) in [6.07, 6.45) is 1.58. The van der Waals surface area contributed by atoms with Crippen LogP contribution in [0.5, 0.6) is 0 Å². The van der Waals surface area contributed by atoms with Crippen molar-refractivity contribution in [3.8, 4) is 0 Å². The largest absolute Gasteiger partial charge is 0.357 e. The zero-order valence-electron chi connectivity index (χ0n) is 15.9. The number of sulfonamides is 1. The molecule has 1 fully saturated rings. The summed E-state index contributed by atoms with van der Waals surface area (Å²) in [5.41, 5.74) is 1.07. The molecule has 1 aliphatic heterocycles. The lowest BCUT2D eigenvalue weighted by atomic mass is 10.1. The van der Waals surface area contributed by atoms with E-state index in [1.807, 2.05) is 13.8 Å². The predicted molar refractivity (Wildman–Crippen MR) is 119 cm³/mol. The molecule has 0 saturated carbocycles. The molecular formula is C16H30IN5O2S2. The van der Waals surface area contributed by atoms with Gasteiger partial charge in [0, 0.05) is 30.6 Å². The number of nitrogens with zero attached hydrogens (tertiary/aromatic N) is 3. The summed E-state index contributed by atoms with van der Waals surface area (Å²) in [6.45, 7) is 10.3. The van der Waals surface area contributed by atoms with Gasteiger partial charge in [0.25, 0.3) is 0 Å². The van der Waals surface area contributed by atoms with E-state index in [0.29, 0.717) is 19.6 Å². The Labute approximate surface area is 178 Å². The molecule has 0 aliphatic carbocycles. The van der Waals surface area contributed by atoms with Crippen LogP contribution in [0.25, 0.3) is 0 Å². The van der Waals surface area contributed by atoms with E-state index in [1.54, 1.807) is 22.6 Å². The molecule has 2 rings (SSSR count). The summed E-state index contributed by atoms with van der Waals surface area (Å²) in [5.74, 6) is 0.937. The minimum absolute atomic E-state index is 0. The summed E-state index contributed by atoms with van der Waals surface area (Å²) in [5, 5.41) is 7.70. The molecular weight excluding hydrogens is 485 g/mol. The third-order valence-electron chi connectivity index (χ3n) is 4.34. The highest BCUT2D eigenvalue weighted by molar-refractivity contribution is 14.0. The molecule has 1 aromatic heterocycles. The maximum Gasteiger partial charge on any atom is 0.213 e. The first kappa shape index (κ1) is 23.6. The van der Waals surface area contributed by atoms with Gasteiger partial charge in [-0.3, -0.25) is 0 Å². The molecule has 0 unspecified atom stereocenters. The van der Waals surface area contributed by atoms with E-state index in [0.717, 1.165) is 36.0 Å².